The monoisotopic (exact) mass is 291 g/mol. The maximum atomic E-state index is 12.3. The van der Waals surface area contributed by atoms with Crippen LogP contribution in [0.25, 0.3) is 0 Å². The van der Waals surface area contributed by atoms with Crippen molar-refractivity contribution in [1.82, 2.24) is 9.97 Å². The SMILES string of the molecule is Cc1ccnc(N)c1C(=O)c1ncccc1Br. The number of pyridine rings is 2. The van der Waals surface area contributed by atoms with E-state index in [-0.39, 0.29) is 11.6 Å². The lowest BCUT2D eigenvalue weighted by Gasteiger charge is -2.07. The quantitative estimate of drug-likeness (QED) is 0.863. The third-order valence-electron chi connectivity index (χ3n) is 2.39. The van der Waals surface area contributed by atoms with Crippen LogP contribution in [-0.4, -0.2) is 15.8 Å². The zero-order valence-electron chi connectivity index (χ0n) is 9.14. The summed E-state index contributed by atoms with van der Waals surface area (Å²) in [5, 5.41) is 0. The van der Waals surface area contributed by atoms with E-state index in [0.29, 0.717) is 15.7 Å². The summed E-state index contributed by atoms with van der Waals surface area (Å²) in [6, 6.07) is 5.27. The third kappa shape index (κ3) is 2.19. The number of rotatable bonds is 2. The molecule has 5 heteroatoms. The normalized spacial score (nSPS) is 10.2. The Kier molecular flexibility index (Phi) is 3.19. The van der Waals surface area contributed by atoms with Crippen LogP contribution in [0, 0.1) is 6.92 Å². The first kappa shape index (κ1) is 11.7. The summed E-state index contributed by atoms with van der Waals surface area (Å²) in [7, 11) is 0. The Labute approximate surface area is 107 Å². The fourth-order valence-corrected chi connectivity index (χ4v) is 1.98. The van der Waals surface area contributed by atoms with Gasteiger partial charge in [0.2, 0.25) is 5.78 Å². The summed E-state index contributed by atoms with van der Waals surface area (Å²) in [6.45, 7) is 1.82. The molecule has 0 aliphatic heterocycles. The molecule has 2 aromatic heterocycles. The zero-order valence-corrected chi connectivity index (χ0v) is 10.7. The standard InChI is InChI=1S/C12H10BrN3O/c1-7-4-6-16-12(14)9(7)11(17)10-8(13)3-2-5-15-10/h2-6H,1H3,(H2,14,16). The highest BCUT2D eigenvalue weighted by molar-refractivity contribution is 9.10. The molecular formula is C12H10BrN3O. The number of anilines is 1. The topological polar surface area (TPSA) is 68.9 Å². The average Bonchev–Trinajstić information content (AvgIpc) is 2.29. The van der Waals surface area contributed by atoms with Gasteiger partial charge in [0.15, 0.2) is 0 Å². The molecule has 0 unspecified atom stereocenters. The smallest absolute Gasteiger partial charge is 0.216 e. The van der Waals surface area contributed by atoms with Gasteiger partial charge in [-0.3, -0.25) is 9.78 Å². The molecule has 0 aliphatic carbocycles. The third-order valence-corrected chi connectivity index (χ3v) is 3.03. The van der Waals surface area contributed by atoms with Crippen LogP contribution < -0.4 is 5.73 Å². The highest BCUT2D eigenvalue weighted by atomic mass is 79.9. The van der Waals surface area contributed by atoms with Gasteiger partial charge in [-0.2, -0.15) is 0 Å². The van der Waals surface area contributed by atoms with Crippen molar-refractivity contribution in [2.24, 2.45) is 0 Å². The molecule has 0 bridgehead atoms. The van der Waals surface area contributed by atoms with Crippen LogP contribution in [0.2, 0.25) is 0 Å². The van der Waals surface area contributed by atoms with Crippen molar-refractivity contribution in [2.45, 2.75) is 6.92 Å². The lowest BCUT2D eigenvalue weighted by Crippen LogP contribution is -2.11. The summed E-state index contributed by atoms with van der Waals surface area (Å²) < 4.78 is 0.646. The second-order valence-electron chi connectivity index (χ2n) is 3.55. The number of aryl methyl sites for hydroxylation is 1. The van der Waals surface area contributed by atoms with Gasteiger partial charge in [0.1, 0.15) is 11.5 Å². The Balaban J connectivity index is 2.56. The van der Waals surface area contributed by atoms with Gasteiger partial charge in [-0.05, 0) is 46.6 Å². The van der Waals surface area contributed by atoms with Crippen molar-refractivity contribution >= 4 is 27.5 Å². The molecular weight excluding hydrogens is 282 g/mol. The molecule has 0 spiro atoms. The van der Waals surface area contributed by atoms with E-state index in [1.807, 2.05) is 6.92 Å². The largest absolute Gasteiger partial charge is 0.383 e. The van der Waals surface area contributed by atoms with Crippen LogP contribution in [0.3, 0.4) is 0 Å². The fourth-order valence-electron chi connectivity index (χ4n) is 1.55. The second kappa shape index (κ2) is 4.63. The Bertz CT molecular complexity index is 563. The van der Waals surface area contributed by atoms with Gasteiger partial charge in [-0.1, -0.05) is 0 Å². The van der Waals surface area contributed by atoms with Crippen LogP contribution >= 0.6 is 15.9 Å². The fraction of sp³-hybridized carbons (Fsp3) is 0.0833. The van der Waals surface area contributed by atoms with E-state index in [2.05, 4.69) is 25.9 Å². The van der Waals surface area contributed by atoms with Crippen molar-refractivity contribution in [3.05, 3.63) is 51.9 Å². The lowest BCUT2D eigenvalue weighted by molar-refractivity contribution is 0.103. The minimum absolute atomic E-state index is 0.222. The van der Waals surface area contributed by atoms with Crippen molar-refractivity contribution < 1.29 is 4.79 Å². The highest BCUT2D eigenvalue weighted by Gasteiger charge is 2.18. The lowest BCUT2D eigenvalue weighted by atomic mass is 10.0. The number of hydrogen-bond acceptors (Lipinski definition) is 4. The number of nitrogens with two attached hydrogens (primary N) is 1. The van der Waals surface area contributed by atoms with Crippen LogP contribution in [0.15, 0.2) is 35.1 Å². The van der Waals surface area contributed by atoms with Crippen molar-refractivity contribution in [2.75, 3.05) is 5.73 Å². The van der Waals surface area contributed by atoms with E-state index in [9.17, 15) is 4.79 Å². The van der Waals surface area contributed by atoms with Gasteiger partial charge >= 0.3 is 0 Å². The average molecular weight is 292 g/mol. The zero-order chi connectivity index (χ0) is 12.4. The molecule has 2 rings (SSSR count). The number of carbonyl (C=O) groups excluding carboxylic acids is 1. The first-order valence-electron chi connectivity index (χ1n) is 4.97. The van der Waals surface area contributed by atoms with Crippen LogP contribution in [0.1, 0.15) is 21.6 Å². The van der Waals surface area contributed by atoms with Crippen LogP contribution in [0.5, 0.6) is 0 Å². The maximum absolute atomic E-state index is 12.3. The van der Waals surface area contributed by atoms with Crippen molar-refractivity contribution in [3.8, 4) is 0 Å². The van der Waals surface area contributed by atoms with E-state index < -0.39 is 0 Å². The maximum Gasteiger partial charge on any atom is 0.216 e. The number of nitrogens with zero attached hydrogens (tertiary/aromatic N) is 2. The molecule has 17 heavy (non-hydrogen) atoms. The number of ketones is 1. The van der Waals surface area contributed by atoms with Gasteiger partial charge in [0, 0.05) is 16.9 Å². The molecule has 0 saturated carbocycles. The first-order valence-corrected chi connectivity index (χ1v) is 5.77. The Morgan fingerprint density at radius 3 is 2.71 bits per heavy atom. The van der Waals surface area contributed by atoms with Crippen LogP contribution in [0.4, 0.5) is 5.82 Å². The van der Waals surface area contributed by atoms with E-state index in [1.165, 1.54) is 0 Å². The van der Waals surface area contributed by atoms with Gasteiger partial charge < -0.3 is 5.73 Å². The molecule has 0 atom stereocenters. The number of hydrogen-bond donors (Lipinski definition) is 1. The highest BCUT2D eigenvalue weighted by Crippen LogP contribution is 2.22. The number of aromatic nitrogens is 2. The molecule has 4 nitrogen and oxygen atoms in total. The number of halogens is 1. The van der Waals surface area contributed by atoms with E-state index in [4.69, 9.17) is 5.73 Å². The molecule has 2 aromatic rings. The van der Waals surface area contributed by atoms with E-state index in [0.717, 1.165) is 5.56 Å². The summed E-state index contributed by atoms with van der Waals surface area (Å²) in [6.07, 6.45) is 3.15. The summed E-state index contributed by atoms with van der Waals surface area (Å²) in [5.74, 6) is 0.00753. The number of nitrogen functional groups attached to an aromatic ring is 1. The molecule has 0 aromatic carbocycles. The van der Waals surface area contributed by atoms with Gasteiger partial charge in [0.25, 0.3) is 0 Å². The molecule has 2 heterocycles. The minimum Gasteiger partial charge on any atom is -0.383 e. The Morgan fingerprint density at radius 2 is 2.06 bits per heavy atom. The van der Waals surface area contributed by atoms with E-state index >= 15 is 0 Å². The molecule has 0 amide bonds. The van der Waals surface area contributed by atoms with Gasteiger partial charge in [-0.15, -0.1) is 0 Å². The summed E-state index contributed by atoms with van der Waals surface area (Å²) >= 11 is 3.30. The minimum atomic E-state index is -0.222. The predicted molar refractivity (Wildman–Crippen MR) is 68.8 cm³/mol. The first-order chi connectivity index (χ1) is 8.11. The molecule has 0 radical (unpaired) electrons. The molecule has 0 aliphatic rings. The molecule has 2 N–H and O–H groups in total. The van der Waals surface area contributed by atoms with Gasteiger partial charge in [0.05, 0.1) is 5.56 Å². The Hall–Kier alpha value is -1.75. The second-order valence-corrected chi connectivity index (χ2v) is 4.41. The molecule has 86 valence electrons. The van der Waals surface area contributed by atoms with Crippen molar-refractivity contribution in [1.29, 1.82) is 0 Å². The predicted octanol–water partition coefficient (Wildman–Crippen LogP) is 2.36. The van der Waals surface area contributed by atoms with Gasteiger partial charge in [-0.25, -0.2) is 4.98 Å². The Morgan fingerprint density at radius 1 is 1.29 bits per heavy atom. The summed E-state index contributed by atoms with van der Waals surface area (Å²) in [4.78, 5) is 20.3. The molecule has 0 saturated heterocycles. The summed E-state index contributed by atoms with van der Waals surface area (Å²) in [5.41, 5.74) is 7.28. The van der Waals surface area contributed by atoms with Crippen LogP contribution in [-0.2, 0) is 0 Å². The van der Waals surface area contributed by atoms with Crippen molar-refractivity contribution in [3.63, 3.8) is 0 Å². The molecule has 0 fully saturated rings. The van der Waals surface area contributed by atoms with E-state index in [1.54, 1.807) is 30.6 Å². The number of carbonyl (C=O) groups is 1.